The van der Waals surface area contributed by atoms with E-state index in [1.54, 1.807) is 14.2 Å². The van der Waals surface area contributed by atoms with Crippen LogP contribution in [0, 0.1) is 0 Å². The van der Waals surface area contributed by atoms with Gasteiger partial charge in [0.1, 0.15) is 11.5 Å². The number of nitrogens with zero attached hydrogens (tertiary/aromatic N) is 2. The molecule has 0 aliphatic carbocycles. The van der Waals surface area contributed by atoms with E-state index in [4.69, 9.17) is 14.5 Å². The lowest BCUT2D eigenvalue weighted by atomic mass is 10.2. The van der Waals surface area contributed by atoms with E-state index in [-0.39, 0.29) is 24.0 Å². The monoisotopic (exact) mass is 522 g/mol. The van der Waals surface area contributed by atoms with E-state index in [2.05, 4.69) is 58.9 Å². The van der Waals surface area contributed by atoms with E-state index in [1.165, 1.54) is 11.3 Å². The molecule has 0 fully saturated rings. The fourth-order valence-corrected chi connectivity index (χ4v) is 3.23. The van der Waals surface area contributed by atoms with Gasteiger partial charge in [-0.05, 0) is 36.8 Å². The highest BCUT2D eigenvalue weighted by atomic mass is 127. The first-order valence-electron chi connectivity index (χ1n) is 9.95. The molecule has 3 rings (SSSR count). The van der Waals surface area contributed by atoms with Crippen LogP contribution >= 0.6 is 24.0 Å². The highest BCUT2D eigenvalue weighted by molar-refractivity contribution is 14.0. The van der Waals surface area contributed by atoms with Crippen LogP contribution in [0.2, 0.25) is 0 Å². The first kappa shape index (κ1) is 23.9. The maximum atomic E-state index is 5.48. The van der Waals surface area contributed by atoms with Gasteiger partial charge in [0, 0.05) is 43.5 Å². The number of nitrogens with one attached hydrogen (secondary N) is 2. The molecule has 0 atom stereocenters. The molecule has 7 heteroatoms. The number of ether oxygens (including phenoxy) is 2. The van der Waals surface area contributed by atoms with E-state index < -0.39 is 0 Å². The van der Waals surface area contributed by atoms with Crippen molar-refractivity contribution >= 4 is 35.6 Å². The molecule has 2 aromatic carbocycles. The van der Waals surface area contributed by atoms with Crippen LogP contribution in [0.4, 0.5) is 5.69 Å². The van der Waals surface area contributed by atoms with Crippen molar-refractivity contribution < 1.29 is 9.47 Å². The van der Waals surface area contributed by atoms with Crippen LogP contribution in [0.25, 0.3) is 0 Å². The van der Waals surface area contributed by atoms with Crippen LogP contribution in [0.1, 0.15) is 18.1 Å². The van der Waals surface area contributed by atoms with E-state index >= 15 is 0 Å². The zero-order valence-corrected chi connectivity index (χ0v) is 20.2. The van der Waals surface area contributed by atoms with Crippen molar-refractivity contribution in [3.05, 3.63) is 65.7 Å². The van der Waals surface area contributed by atoms with Gasteiger partial charge in [-0.1, -0.05) is 24.3 Å². The minimum Gasteiger partial charge on any atom is -0.497 e. The summed E-state index contributed by atoms with van der Waals surface area (Å²) in [6.45, 7) is 6.03. The lowest BCUT2D eigenvalue weighted by Gasteiger charge is -2.18. The molecule has 0 amide bonds. The van der Waals surface area contributed by atoms with Crippen molar-refractivity contribution in [1.82, 2.24) is 10.6 Å². The van der Waals surface area contributed by atoms with Gasteiger partial charge in [0.25, 0.3) is 0 Å². The van der Waals surface area contributed by atoms with Gasteiger partial charge in [0.05, 0.1) is 20.8 Å². The van der Waals surface area contributed by atoms with E-state index in [0.717, 1.165) is 42.7 Å². The van der Waals surface area contributed by atoms with Crippen LogP contribution in [0.3, 0.4) is 0 Å². The predicted molar refractivity (Wildman–Crippen MR) is 134 cm³/mol. The number of halogens is 1. The summed E-state index contributed by atoms with van der Waals surface area (Å²) < 4.78 is 10.7. The van der Waals surface area contributed by atoms with Gasteiger partial charge in [0.15, 0.2) is 5.96 Å². The molecule has 0 radical (unpaired) electrons. The molecule has 0 unspecified atom stereocenters. The Morgan fingerprint density at radius 1 is 1.03 bits per heavy atom. The van der Waals surface area contributed by atoms with Gasteiger partial charge in [-0.3, -0.25) is 0 Å². The molecule has 30 heavy (non-hydrogen) atoms. The lowest BCUT2D eigenvalue weighted by molar-refractivity contribution is 0.390. The molecule has 1 aliphatic heterocycles. The number of methoxy groups -OCH3 is 2. The average molecular weight is 522 g/mol. The Kier molecular flexibility index (Phi) is 9.79. The Bertz CT molecular complexity index is 862. The highest BCUT2D eigenvalue weighted by Crippen LogP contribution is 2.24. The number of anilines is 1. The first-order valence-corrected chi connectivity index (χ1v) is 9.95. The number of hydrogen-bond donors (Lipinski definition) is 2. The largest absolute Gasteiger partial charge is 0.497 e. The van der Waals surface area contributed by atoms with Crippen molar-refractivity contribution in [2.45, 2.75) is 20.0 Å². The summed E-state index contributed by atoms with van der Waals surface area (Å²) >= 11 is 0. The van der Waals surface area contributed by atoms with E-state index in [1.807, 2.05) is 18.2 Å². The molecule has 0 saturated carbocycles. The third-order valence-corrected chi connectivity index (χ3v) is 4.80. The van der Waals surface area contributed by atoms with Crippen molar-refractivity contribution in [2.24, 2.45) is 4.99 Å². The Labute approximate surface area is 196 Å². The summed E-state index contributed by atoms with van der Waals surface area (Å²) in [5.41, 5.74) is 3.47. The first-order chi connectivity index (χ1) is 14.2. The predicted octanol–water partition coefficient (Wildman–Crippen LogP) is 3.95. The van der Waals surface area contributed by atoms with Crippen molar-refractivity contribution in [3.63, 3.8) is 0 Å². The molecule has 6 nitrogen and oxygen atoms in total. The highest BCUT2D eigenvalue weighted by Gasteiger charge is 2.09. The second-order valence-electron chi connectivity index (χ2n) is 6.77. The molecule has 2 aromatic rings. The fraction of sp³-hybridized carbons (Fsp3) is 0.348. The molecule has 2 N–H and O–H groups in total. The normalized spacial score (nSPS) is 13.0. The standard InChI is InChI=1S/C23H30N4O2.HI/c1-4-24-23(26-17-19-10-11-21(28-2)15-22(19)29-3)25-16-18-8-7-9-20(14-18)27-12-5-6-13-27;/h5-11,14-15H,4,12-13,16-17H2,1-3H3,(H2,24,25,26);1H. The molecule has 1 heterocycles. The van der Waals surface area contributed by atoms with Gasteiger partial charge in [-0.2, -0.15) is 0 Å². The van der Waals surface area contributed by atoms with Crippen LogP contribution in [-0.4, -0.2) is 39.8 Å². The summed E-state index contributed by atoms with van der Waals surface area (Å²) in [6.07, 6.45) is 4.40. The summed E-state index contributed by atoms with van der Waals surface area (Å²) in [5.74, 6) is 2.34. The molecule has 0 spiro atoms. The molecular formula is C23H31IN4O2. The zero-order valence-electron chi connectivity index (χ0n) is 17.9. The molecule has 162 valence electrons. The van der Waals surface area contributed by atoms with Crippen molar-refractivity contribution in [2.75, 3.05) is 38.8 Å². The maximum absolute atomic E-state index is 5.48. The Hall–Kier alpha value is -2.42. The zero-order chi connectivity index (χ0) is 20.5. The van der Waals surface area contributed by atoms with E-state index in [0.29, 0.717) is 13.1 Å². The van der Waals surface area contributed by atoms with Gasteiger partial charge >= 0.3 is 0 Å². The van der Waals surface area contributed by atoms with Crippen molar-refractivity contribution in [3.8, 4) is 11.5 Å². The maximum Gasteiger partial charge on any atom is 0.191 e. The average Bonchev–Trinajstić information content (AvgIpc) is 3.31. The number of aliphatic imine (C=N–C) groups is 1. The van der Waals surface area contributed by atoms with Gasteiger partial charge < -0.3 is 25.0 Å². The third kappa shape index (κ3) is 6.55. The molecule has 0 saturated heterocycles. The van der Waals surface area contributed by atoms with Crippen LogP contribution in [0.5, 0.6) is 11.5 Å². The van der Waals surface area contributed by atoms with Crippen LogP contribution in [0.15, 0.2) is 59.6 Å². The minimum absolute atomic E-state index is 0. The summed E-state index contributed by atoms with van der Waals surface area (Å²) in [6, 6.07) is 14.4. The Morgan fingerprint density at radius 2 is 1.83 bits per heavy atom. The Balaban J connectivity index is 0.00000320. The van der Waals surface area contributed by atoms with E-state index in [9.17, 15) is 0 Å². The number of guanidine groups is 1. The van der Waals surface area contributed by atoms with Crippen LogP contribution < -0.4 is 25.0 Å². The lowest BCUT2D eigenvalue weighted by Crippen LogP contribution is -2.36. The molecule has 1 aliphatic rings. The molecular weight excluding hydrogens is 491 g/mol. The molecule has 0 aromatic heterocycles. The number of hydrogen-bond acceptors (Lipinski definition) is 4. The van der Waals surface area contributed by atoms with Crippen LogP contribution in [-0.2, 0) is 13.1 Å². The second-order valence-corrected chi connectivity index (χ2v) is 6.77. The summed E-state index contributed by atoms with van der Waals surface area (Å²) in [4.78, 5) is 7.09. The smallest absolute Gasteiger partial charge is 0.191 e. The van der Waals surface area contributed by atoms with Crippen molar-refractivity contribution in [1.29, 1.82) is 0 Å². The summed E-state index contributed by atoms with van der Waals surface area (Å²) in [7, 11) is 3.32. The topological polar surface area (TPSA) is 58.1 Å². The summed E-state index contributed by atoms with van der Waals surface area (Å²) in [5, 5.41) is 6.69. The van der Waals surface area contributed by atoms with Gasteiger partial charge in [0.2, 0.25) is 0 Å². The fourth-order valence-electron chi connectivity index (χ4n) is 3.23. The molecule has 0 bridgehead atoms. The SMILES string of the molecule is CCNC(=NCc1cccc(N2CC=CC2)c1)NCc1ccc(OC)cc1OC.I. The minimum atomic E-state index is 0. The number of rotatable bonds is 8. The second kappa shape index (κ2) is 12.3. The quantitative estimate of drug-likeness (QED) is 0.238. The third-order valence-electron chi connectivity index (χ3n) is 4.80. The van der Waals surface area contributed by atoms with Gasteiger partial charge in [-0.25, -0.2) is 4.99 Å². The Morgan fingerprint density at radius 3 is 2.53 bits per heavy atom. The number of benzene rings is 2. The van der Waals surface area contributed by atoms with Gasteiger partial charge in [-0.15, -0.1) is 24.0 Å².